The van der Waals surface area contributed by atoms with Crippen LogP contribution in [0.15, 0.2) is 91.1 Å². The minimum atomic E-state index is -1.37. The van der Waals surface area contributed by atoms with Crippen molar-refractivity contribution < 1.29 is 33.8 Å². The molecule has 0 bridgehead atoms. The lowest BCUT2D eigenvalue weighted by Gasteiger charge is -2.36. The molecular weight excluding hydrogens is 715 g/mol. The number of rotatable bonds is 12. The second kappa shape index (κ2) is 19.8. The van der Waals surface area contributed by atoms with Gasteiger partial charge in [-0.15, -0.1) is 0 Å². The van der Waals surface area contributed by atoms with E-state index in [-0.39, 0.29) is 32.6 Å². The maximum atomic E-state index is 14.3. The molecule has 14 heteroatoms. The molecule has 14 nitrogen and oxygen atoms in total. The SMILES string of the molecule is O=C1CC(C(=O)N2CCN(CCOCCO)CC2)C(=O)NC[C@@H](Cc2ccccc2)NC(=O)[C@@H](Cc2ccccc2)NC(=O)[C@H](Cc2c[nH]c3ccccc23)N1. The summed E-state index contributed by atoms with van der Waals surface area (Å²) < 4.78 is 5.39. The first-order chi connectivity index (χ1) is 27.3. The van der Waals surface area contributed by atoms with Crippen LogP contribution in [-0.4, -0.2) is 127 Å². The Morgan fingerprint density at radius 1 is 0.714 bits per heavy atom. The summed E-state index contributed by atoms with van der Waals surface area (Å²) in [6.45, 7) is 3.08. The van der Waals surface area contributed by atoms with Crippen molar-refractivity contribution in [2.75, 3.05) is 59.1 Å². The third-order valence-corrected chi connectivity index (χ3v) is 10.3. The highest BCUT2D eigenvalue weighted by molar-refractivity contribution is 6.04. The topological polar surface area (TPSA) is 185 Å². The van der Waals surface area contributed by atoms with Crippen molar-refractivity contribution in [3.05, 3.63) is 108 Å². The van der Waals surface area contributed by atoms with E-state index in [4.69, 9.17) is 9.84 Å². The number of H-pyrrole nitrogens is 1. The van der Waals surface area contributed by atoms with E-state index in [2.05, 4.69) is 31.2 Å². The first kappa shape index (κ1) is 40.1. The van der Waals surface area contributed by atoms with E-state index in [1.165, 1.54) is 0 Å². The molecule has 2 saturated heterocycles. The molecule has 4 atom stereocenters. The van der Waals surface area contributed by atoms with Crippen LogP contribution in [-0.2, 0) is 48.0 Å². The number of nitrogens with zero attached hydrogens (tertiary/aromatic N) is 2. The smallest absolute Gasteiger partial charge is 0.243 e. The second-order valence-electron chi connectivity index (χ2n) is 14.3. The molecule has 0 saturated carbocycles. The summed E-state index contributed by atoms with van der Waals surface area (Å²) in [6.07, 6.45) is 1.96. The Kier molecular flexibility index (Phi) is 14.2. The Hall–Kier alpha value is -5.57. The fourth-order valence-corrected chi connectivity index (χ4v) is 7.29. The van der Waals surface area contributed by atoms with Crippen LogP contribution in [0.2, 0.25) is 0 Å². The normalized spacial score (nSPS) is 21.8. The molecule has 1 unspecified atom stereocenters. The van der Waals surface area contributed by atoms with E-state index in [0.29, 0.717) is 45.8 Å². The number of aliphatic hydroxyl groups is 1. The monoisotopic (exact) mass is 765 g/mol. The molecule has 3 heterocycles. The van der Waals surface area contributed by atoms with E-state index in [1.807, 2.05) is 84.9 Å². The number of aliphatic hydroxyl groups excluding tert-OH is 1. The van der Waals surface area contributed by atoms with Gasteiger partial charge in [-0.1, -0.05) is 78.9 Å². The highest BCUT2D eigenvalue weighted by Crippen LogP contribution is 2.20. The van der Waals surface area contributed by atoms with Gasteiger partial charge in [0.2, 0.25) is 29.5 Å². The van der Waals surface area contributed by atoms with Gasteiger partial charge in [-0.05, 0) is 29.2 Å². The first-order valence-corrected chi connectivity index (χ1v) is 19.3. The third-order valence-electron chi connectivity index (χ3n) is 10.3. The van der Waals surface area contributed by atoms with E-state index in [1.54, 1.807) is 11.1 Å². The summed E-state index contributed by atoms with van der Waals surface area (Å²) in [5.41, 5.74) is 3.39. The van der Waals surface area contributed by atoms with Crippen LogP contribution in [0, 0.1) is 5.92 Å². The van der Waals surface area contributed by atoms with Crippen LogP contribution in [0.5, 0.6) is 0 Å². The zero-order chi connectivity index (χ0) is 39.3. The fraction of sp³-hybridized carbons (Fsp3) is 0.405. The Morgan fingerprint density at radius 2 is 1.36 bits per heavy atom. The van der Waals surface area contributed by atoms with Gasteiger partial charge < -0.3 is 41.0 Å². The number of hydrogen-bond acceptors (Lipinski definition) is 8. The summed E-state index contributed by atoms with van der Waals surface area (Å²) in [6, 6.07) is 23.7. The molecule has 5 amide bonds. The molecule has 2 aliphatic heterocycles. The molecule has 4 aromatic rings. The maximum absolute atomic E-state index is 14.3. The minimum absolute atomic E-state index is 0.0122. The number of fused-ring (bicyclic) bond motifs is 1. The summed E-state index contributed by atoms with van der Waals surface area (Å²) >= 11 is 0. The number of amides is 5. The van der Waals surface area contributed by atoms with E-state index >= 15 is 0 Å². The third kappa shape index (κ3) is 11.0. The Balaban J connectivity index is 1.27. The summed E-state index contributed by atoms with van der Waals surface area (Å²) in [7, 11) is 0. The molecule has 0 spiro atoms. The van der Waals surface area contributed by atoms with Gasteiger partial charge in [0.05, 0.1) is 25.9 Å². The zero-order valence-electron chi connectivity index (χ0n) is 31.5. The van der Waals surface area contributed by atoms with Gasteiger partial charge in [-0.2, -0.15) is 0 Å². The molecule has 56 heavy (non-hydrogen) atoms. The average Bonchev–Trinajstić information content (AvgIpc) is 3.63. The maximum Gasteiger partial charge on any atom is 0.243 e. The quantitative estimate of drug-likeness (QED) is 0.0910. The number of ether oxygens (including phenoxy) is 1. The van der Waals surface area contributed by atoms with Gasteiger partial charge in [0.25, 0.3) is 0 Å². The Morgan fingerprint density at radius 3 is 2.07 bits per heavy atom. The number of carbonyl (C=O) groups excluding carboxylic acids is 5. The number of aromatic nitrogens is 1. The first-order valence-electron chi connectivity index (χ1n) is 19.3. The molecule has 2 aliphatic rings. The van der Waals surface area contributed by atoms with Crippen LogP contribution in [0.4, 0.5) is 0 Å². The highest BCUT2D eigenvalue weighted by atomic mass is 16.5. The molecule has 6 N–H and O–H groups in total. The minimum Gasteiger partial charge on any atom is -0.394 e. The molecular formula is C42H51N7O7. The number of para-hydroxylation sites is 1. The van der Waals surface area contributed by atoms with Crippen molar-refractivity contribution >= 4 is 40.4 Å². The molecule has 296 valence electrons. The van der Waals surface area contributed by atoms with E-state index in [0.717, 1.165) is 27.6 Å². The number of aromatic amines is 1. The molecule has 6 rings (SSSR count). The average molecular weight is 766 g/mol. The molecule has 2 fully saturated rings. The fourth-order valence-electron chi connectivity index (χ4n) is 7.29. The largest absolute Gasteiger partial charge is 0.394 e. The van der Waals surface area contributed by atoms with Gasteiger partial charge in [-0.25, -0.2) is 0 Å². The van der Waals surface area contributed by atoms with Crippen LogP contribution in [0.25, 0.3) is 10.9 Å². The lowest BCUT2D eigenvalue weighted by atomic mass is 9.98. The van der Waals surface area contributed by atoms with Crippen LogP contribution >= 0.6 is 0 Å². The van der Waals surface area contributed by atoms with Gasteiger partial charge in [0, 0.05) is 75.6 Å². The highest BCUT2D eigenvalue weighted by Gasteiger charge is 2.37. The van der Waals surface area contributed by atoms with Crippen LogP contribution in [0.1, 0.15) is 23.1 Å². The van der Waals surface area contributed by atoms with Gasteiger partial charge in [0.15, 0.2) is 0 Å². The number of piperazine rings is 1. The summed E-state index contributed by atoms with van der Waals surface area (Å²) in [4.78, 5) is 77.5. The molecule has 0 radical (unpaired) electrons. The van der Waals surface area contributed by atoms with Crippen molar-refractivity contribution in [2.45, 2.75) is 43.8 Å². The van der Waals surface area contributed by atoms with Crippen molar-refractivity contribution in [1.29, 1.82) is 0 Å². The van der Waals surface area contributed by atoms with Crippen molar-refractivity contribution in [3.8, 4) is 0 Å². The molecule has 0 aliphatic carbocycles. The predicted molar refractivity (Wildman–Crippen MR) is 210 cm³/mol. The van der Waals surface area contributed by atoms with Crippen molar-refractivity contribution in [2.24, 2.45) is 5.92 Å². The number of benzene rings is 3. The standard InChI is InChI=1S/C42H51N7O7/c50-20-22-56-21-19-48-15-17-49(18-16-48)42(55)34-26-38(51)46-37(25-31-27-43-35-14-8-7-13-33(31)35)41(54)47-36(24-30-11-5-2-6-12-30)40(53)45-32(28-44-39(34)52)23-29-9-3-1-4-10-29/h1-14,27,32,34,36-37,43,50H,15-26,28H2,(H,44,52)(H,45,53)(H,46,51)(H,47,54)/t32-,34?,36-,37+/m1/s1. The van der Waals surface area contributed by atoms with Gasteiger partial charge in [-0.3, -0.25) is 28.9 Å². The van der Waals surface area contributed by atoms with Gasteiger partial charge >= 0.3 is 0 Å². The predicted octanol–water partition coefficient (Wildman–Crippen LogP) is 0.939. The van der Waals surface area contributed by atoms with Crippen molar-refractivity contribution in [1.82, 2.24) is 36.1 Å². The number of carbonyl (C=O) groups is 5. The lowest BCUT2D eigenvalue weighted by molar-refractivity contribution is -0.146. The lowest BCUT2D eigenvalue weighted by Crippen LogP contribution is -2.59. The summed E-state index contributed by atoms with van der Waals surface area (Å²) in [5, 5.41) is 21.6. The van der Waals surface area contributed by atoms with E-state index in [9.17, 15) is 24.0 Å². The number of nitrogens with one attached hydrogen (secondary N) is 5. The second-order valence-corrected chi connectivity index (χ2v) is 14.3. The number of hydrogen-bond donors (Lipinski definition) is 6. The molecule has 3 aromatic carbocycles. The molecule has 1 aromatic heterocycles. The zero-order valence-corrected chi connectivity index (χ0v) is 31.5. The Bertz CT molecular complexity index is 1930. The summed E-state index contributed by atoms with van der Waals surface area (Å²) in [5.74, 6) is -4.13. The van der Waals surface area contributed by atoms with Crippen molar-refractivity contribution in [3.63, 3.8) is 0 Å². The van der Waals surface area contributed by atoms with Crippen LogP contribution < -0.4 is 21.3 Å². The Labute approximate surface area is 326 Å². The van der Waals surface area contributed by atoms with E-state index < -0.39 is 60.0 Å². The van der Waals surface area contributed by atoms with Crippen LogP contribution in [0.3, 0.4) is 0 Å². The van der Waals surface area contributed by atoms with Gasteiger partial charge in [0.1, 0.15) is 18.0 Å².